The van der Waals surface area contributed by atoms with E-state index in [2.05, 4.69) is 54.8 Å². The molecule has 1 N–H and O–H groups in total. The van der Waals surface area contributed by atoms with Crippen molar-refractivity contribution in [3.05, 3.63) is 41.0 Å². The summed E-state index contributed by atoms with van der Waals surface area (Å²) in [6, 6.07) is 4.64. The third-order valence-electron chi connectivity index (χ3n) is 4.47. The first-order valence-corrected chi connectivity index (χ1v) is 8.05. The lowest BCUT2D eigenvalue weighted by atomic mass is 9.88. The van der Waals surface area contributed by atoms with Crippen LogP contribution >= 0.6 is 0 Å². The van der Waals surface area contributed by atoms with Crippen LogP contribution in [0.3, 0.4) is 0 Å². The quantitative estimate of drug-likeness (QED) is 0.472. The number of aryl methyl sites for hydroxylation is 1. The van der Waals surface area contributed by atoms with Crippen LogP contribution in [0.5, 0.6) is 0 Å². The van der Waals surface area contributed by atoms with Gasteiger partial charge in [-0.05, 0) is 67.9 Å². The first-order chi connectivity index (χ1) is 10.5. The highest BCUT2D eigenvalue weighted by Gasteiger charge is 2.21. The number of rotatable bonds is 5. The van der Waals surface area contributed by atoms with Crippen molar-refractivity contribution >= 4 is 18.1 Å². The molecule has 0 spiro atoms. The lowest BCUT2D eigenvalue weighted by Gasteiger charge is -2.18. The average Bonchev–Trinajstić information content (AvgIpc) is 2.99. The van der Waals surface area contributed by atoms with Crippen molar-refractivity contribution in [3.63, 3.8) is 0 Å². The summed E-state index contributed by atoms with van der Waals surface area (Å²) in [6.07, 6.45) is 5.29. The lowest BCUT2D eigenvalue weighted by molar-refractivity contribution is 0.710. The van der Waals surface area contributed by atoms with Gasteiger partial charge >= 0.3 is 0 Å². The molecule has 1 aliphatic rings. The number of nitrogens with one attached hydrogen (secondary N) is 1. The molecule has 1 aromatic carbocycles. The largest absolute Gasteiger partial charge is 0.267 e. The van der Waals surface area contributed by atoms with Gasteiger partial charge in [-0.3, -0.25) is 10.4 Å². The second-order valence-electron chi connectivity index (χ2n) is 6.30. The number of benzene rings is 1. The number of aliphatic imine (C=N–C) groups is 1. The topological polar surface area (TPSA) is 36.8 Å². The van der Waals surface area contributed by atoms with Crippen molar-refractivity contribution in [2.75, 3.05) is 0 Å². The van der Waals surface area contributed by atoms with Gasteiger partial charge < -0.3 is 0 Å². The van der Waals surface area contributed by atoms with Gasteiger partial charge in [0.05, 0.1) is 6.54 Å². The summed E-state index contributed by atoms with van der Waals surface area (Å²) in [5.41, 5.74) is 9.28. The van der Waals surface area contributed by atoms with Crippen LogP contribution in [0.4, 0.5) is 0 Å². The molecule has 1 aromatic rings. The van der Waals surface area contributed by atoms with E-state index in [1.54, 1.807) is 0 Å². The van der Waals surface area contributed by atoms with Crippen molar-refractivity contribution in [1.29, 1.82) is 0 Å². The monoisotopic (exact) mass is 297 g/mol. The van der Waals surface area contributed by atoms with Gasteiger partial charge in [-0.1, -0.05) is 31.1 Å². The number of hydrogen-bond acceptors (Lipinski definition) is 2. The number of allylic oxidation sites excluding steroid dienone is 1. The Morgan fingerprint density at radius 2 is 1.95 bits per heavy atom. The summed E-state index contributed by atoms with van der Waals surface area (Å²) >= 11 is 0. The van der Waals surface area contributed by atoms with Crippen LogP contribution in [0.25, 0.3) is 5.57 Å². The smallest absolute Gasteiger partial charge is 0.114 e. The summed E-state index contributed by atoms with van der Waals surface area (Å²) in [6.45, 7) is 14.4. The van der Waals surface area contributed by atoms with Gasteiger partial charge in [0.2, 0.25) is 0 Å². The van der Waals surface area contributed by atoms with E-state index in [0.29, 0.717) is 12.5 Å². The molecule has 0 saturated heterocycles. The zero-order valence-corrected chi connectivity index (χ0v) is 14.1. The van der Waals surface area contributed by atoms with Crippen LogP contribution in [0.15, 0.2) is 28.8 Å². The van der Waals surface area contributed by atoms with E-state index in [4.69, 9.17) is 0 Å². The third kappa shape index (κ3) is 3.85. The maximum Gasteiger partial charge on any atom is 0.114 e. The zero-order chi connectivity index (χ0) is 16.1. The van der Waals surface area contributed by atoms with Crippen molar-refractivity contribution in [2.45, 2.75) is 58.9 Å². The van der Waals surface area contributed by atoms with Gasteiger partial charge in [0.25, 0.3) is 0 Å². The Morgan fingerprint density at radius 1 is 1.27 bits per heavy atom. The number of hydrazone groups is 1. The van der Waals surface area contributed by atoms with E-state index in [1.807, 2.05) is 6.92 Å². The summed E-state index contributed by atoms with van der Waals surface area (Å²) in [5.74, 6) is 1.48. The molecule has 1 aliphatic carbocycles. The molecule has 1 saturated carbocycles. The molecule has 0 radical (unpaired) electrons. The normalized spacial score (nSPS) is 15.9. The predicted octanol–water partition coefficient (Wildman–Crippen LogP) is 4.81. The first kappa shape index (κ1) is 16.5. The highest BCUT2D eigenvalue weighted by Crippen LogP contribution is 2.37. The molecule has 118 valence electrons. The first-order valence-electron chi connectivity index (χ1n) is 8.05. The molecule has 0 aliphatic heterocycles. The lowest BCUT2D eigenvalue weighted by Crippen LogP contribution is -2.13. The molecule has 0 heterocycles. The predicted molar refractivity (Wildman–Crippen MR) is 96.6 cm³/mol. The van der Waals surface area contributed by atoms with Crippen LogP contribution in [-0.4, -0.2) is 12.6 Å². The number of hydrogen-bond donors (Lipinski definition) is 1. The molecule has 0 amide bonds. The van der Waals surface area contributed by atoms with Crippen molar-refractivity contribution in [1.82, 2.24) is 5.43 Å². The average molecular weight is 297 g/mol. The Bertz CT molecular complexity index is 593. The fraction of sp³-hybridized carbons (Fsp3) is 0.474. The van der Waals surface area contributed by atoms with Crippen LogP contribution < -0.4 is 5.43 Å². The number of amidine groups is 1. The maximum absolute atomic E-state index is 4.59. The fourth-order valence-electron chi connectivity index (χ4n) is 3.34. The van der Waals surface area contributed by atoms with Gasteiger partial charge in [-0.15, -0.1) is 0 Å². The molecular weight excluding hydrogens is 270 g/mol. The van der Waals surface area contributed by atoms with Gasteiger partial charge in [0, 0.05) is 6.72 Å². The van der Waals surface area contributed by atoms with E-state index >= 15 is 0 Å². The van der Waals surface area contributed by atoms with Gasteiger partial charge in [-0.25, -0.2) is 0 Å². The van der Waals surface area contributed by atoms with E-state index < -0.39 is 0 Å². The Labute approximate surface area is 134 Å². The molecule has 0 unspecified atom stereocenters. The molecular formula is C19H27N3. The minimum Gasteiger partial charge on any atom is -0.267 e. The van der Waals surface area contributed by atoms with Crippen LogP contribution in [0, 0.1) is 6.92 Å². The van der Waals surface area contributed by atoms with Gasteiger partial charge in [0.1, 0.15) is 5.84 Å². The van der Waals surface area contributed by atoms with Crippen molar-refractivity contribution in [2.24, 2.45) is 10.1 Å². The van der Waals surface area contributed by atoms with E-state index in [9.17, 15) is 0 Å². The second kappa shape index (κ2) is 7.39. The van der Waals surface area contributed by atoms with Crippen LogP contribution in [0.2, 0.25) is 0 Å². The Kier molecular flexibility index (Phi) is 5.53. The molecule has 2 rings (SSSR count). The van der Waals surface area contributed by atoms with Gasteiger partial charge in [0.15, 0.2) is 0 Å². The molecule has 0 bridgehead atoms. The molecule has 0 aromatic heterocycles. The van der Waals surface area contributed by atoms with Crippen molar-refractivity contribution in [3.8, 4) is 0 Å². The standard InChI is InChI=1S/C19H27N3/c1-13(2)18-11-17(12-21-15(4)22-20-5)19(10-14(18)3)16-8-6-7-9-16/h10-11,16H,1,5-9,12H2,2-4H3,(H,21,22). The zero-order valence-electron chi connectivity index (χ0n) is 14.1. The molecule has 3 nitrogen and oxygen atoms in total. The fourth-order valence-corrected chi connectivity index (χ4v) is 3.34. The van der Waals surface area contributed by atoms with Gasteiger partial charge in [-0.2, -0.15) is 5.10 Å². The summed E-state index contributed by atoms with van der Waals surface area (Å²) in [4.78, 5) is 4.59. The third-order valence-corrected chi connectivity index (χ3v) is 4.47. The molecule has 1 fully saturated rings. The second-order valence-corrected chi connectivity index (χ2v) is 6.30. The Hall–Kier alpha value is -1.90. The minimum absolute atomic E-state index is 0.681. The summed E-state index contributed by atoms with van der Waals surface area (Å²) < 4.78 is 0. The highest BCUT2D eigenvalue weighted by atomic mass is 15.3. The highest BCUT2D eigenvalue weighted by molar-refractivity contribution is 5.79. The number of nitrogens with zero attached hydrogens (tertiary/aromatic N) is 2. The van der Waals surface area contributed by atoms with Crippen LogP contribution in [0.1, 0.15) is 67.7 Å². The summed E-state index contributed by atoms with van der Waals surface area (Å²) in [5, 5.41) is 3.66. The minimum atomic E-state index is 0.681. The molecule has 22 heavy (non-hydrogen) atoms. The van der Waals surface area contributed by atoms with Crippen molar-refractivity contribution < 1.29 is 0 Å². The Balaban J connectivity index is 2.38. The Morgan fingerprint density at radius 3 is 2.55 bits per heavy atom. The van der Waals surface area contributed by atoms with E-state index in [1.165, 1.54) is 47.9 Å². The SMILES string of the molecule is C=NNC(C)=NCc1cc(C(=C)C)c(C)cc1C1CCCC1. The summed E-state index contributed by atoms with van der Waals surface area (Å²) in [7, 11) is 0. The van der Waals surface area contributed by atoms with E-state index in [-0.39, 0.29) is 0 Å². The maximum atomic E-state index is 4.59. The molecule has 3 heteroatoms. The van der Waals surface area contributed by atoms with Crippen LogP contribution in [-0.2, 0) is 6.54 Å². The molecule has 0 atom stereocenters. The van der Waals surface area contributed by atoms with E-state index in [0.717, 1.165) is 11.4 Å².